The van der Waals surface area contributed by atoms with Crippen LogP contribution in [0.15, 0.2) is 36.7 Å². The van der Waals surface area contributed by atoms with Crippen LogP contribution in [0.2, 0.25) is 0 Å². The summed E-state index contributed by atoms with van der Waals surface area (Å²) in [5, 5.41) is 0. The molecule has 17 heavy (non-hydrogen) atoms. The Balaban J connectivity index is 2.48. The van der Waals surface area contributed by atoms with Gasteiger partial charge < -0.3 is 4.74 Å². The van der Waals surface area contributed by atoms with Crippen LogP contribution in [0.5, 0.6) is 5.75 Å². The summed E-state index contributed by atoms with van der Waals surface area (Å²) < 4.78 is 7.74. The summed E-state index contributed by atoms with van der Waals surface area (Å²) in [6, 6.07) is 8.05. The molecule has 0 saturated carbocycles. The maximum Gasteiger partial charge on any atom is 0.143 e. The van der Waals surface area contributed by atoms with E-state index in [1.807, 2.05) is 37.5 Å². The molecule has 0 fully saturated rings. The number of aromatic nitrogens is 2. The van der Waals surface area contributed by atoms with E-state index in [-0.39, 0.29) is 0 Å². The molecular formula is C14H18N2O. The van der Waals surface area contributed by atoms with Crippen molar-refractivity contribution in [1.29, 1.82) is 0 Å². The monoisotopic (exact) mass is 230 g/mol. The van der Waals surface area contributed by atoms with E-state index >= 15 is 0 Å². The second-order valence-corrected chi connectivity index (χ2v) is 4.21. The van der Waals surface area contributed by atoms with Gasteiger partial charge in [0.15, 0.2) is 0 Å². The largest absolute Gasteiger partial charge is 0.492 e. The summed E-state index contributed by atoms with van der Waals surface area (Å²) in [5.74, 6) is 2.34. The molecule has 90 valence electrons. The summed E-state index contributed by atoms with van der Waals surface area (Å²) >= 11 is 0. The molecule has 2 rings (SSSR count). The normalized spacial score (nSPS) is 10.8. The minimum Gasteiger partial charge on any atom is -0.492 e. The average Bonchev–Trinajstić information content (AvgIpc) is 2.79. The third-order valence-corrected chi connectivity index (χ3v) is 2.61. The average molecular weight is 230 g/mol. The van der Waals surface area contributed by atoms with Crippen LogP contribution in [0.1, 0.15) is 32.5 Å². The molecule has 0 radical (unpaired) electrons. The number of ether oxygens (including phenoxy) is 1. The van der Waals surface area contributed by atoms with E-state index in [4.69, 9.17) is 4.74 Å². The van der Waals surface area contributed by atoms with Crippen LogP contribution in [0.3, 0.4) is 0 Å². The minimum atomic E-state index is 0.389. The van der Waals surface area contributed by atoms with Gasteiger partial charge in [-0.05, 0) is 19.1 Å². The standard InChI is InChI=1S/C14H18N2O/c1-4-17-13-8-6-5-7-12(13)16-10-9-15-14(16)11(2)3/h5-11H,4H2,1-3H3. The molecule has 1 aromatic carbocycles. The van der Waals surface area contributed by atoms with Gasteiger partial charge in [-0.1, -0.05) is 26.0 Å². The number of nitrogens with zero attached hydrogens (tertiary/aromatic N) is 2. The molecule has 3 heteroatoms. The van der Waals surface area contributed by atoms with Crippen molar-refractivity contribution < 1.29 is 4.74 Å². The Labute approximate surface area is 102 Å². The first-order valence-electron chi connectivity index (χ1n) is 5.99. The maximum atomic E-state index is 5.65. The Morgan fingerprint density at radius 3 is 2.76 bits per heavy atom. The van der Waals surface area contributed by atoms with Gasteiger partial charge in [0.25, 0.3) is 0 Å². The van der Waals surface area contributed by atoms with Gasteiger partial charge in [-0.25, -0.2) is 4.98 Å². The lowest BCUT2D eigenvalue weighted by Crippen LogP contribution is -2.05. The van der Waals surface area contributed by atoms with E-state index in [0.29, 0.717) is 12.5 Å². The van der Waals surface area contributed by atoms with Crippen molar-refractivity contribution in [3.8, 4) is 11.4 Å². The van der Waals surface area contributed by atoms with Gasteiger partial charge in [0.2, 0.25) is 0 Å². The second kappa shape index (κ2) is 5.04. The summed E-state index contributed by atoms with van der Waals surface area (Å²) in [7, 11) is 0. The topological polar surface area (TPSA) is 27.1 Å². The van der Waals surface area contributed by atoms with Crippen molar-refractivity contribution in [2.45, 2.75) is 26.7 Å². The Morgan fingerprint density at radius 1 is 1.29 bits per heavy atom. The molecule has 0 unspecified atom stereocenters. The zero-order chi connectivity index (χ0) is 12.3. The number of para-hydroxylation sites is 2. The van der Waals surface area contributed by atoms with Crippen LogP contribution in [-0.2, 0) is 0 Å². The molecule has 0 spiro atoms. The molecule has 0 amide bonds. The first kappa shape index (κ1) is 11.7. The molecular weight excluding hydrogens is 212 g/mol. The van der Waals surface area contributed by atoms with E-state index in [0.717, 1.165) is 17.3 Å². The molecule has 3 nitrogen and oxygen atoms in total. The van der Waals surface area contributed by atoms with Crippen molar-refractivity contribution in [2.75, 3.05) is 6.61 Å². The number of hydrogen-bond donors (Lipinski definition) is 0. The molecule has 1 heterocycles. The highest BCUT2D eigenvalue weighted by Gasteiger charge is 2.11. The lowest BCUT2D eigenvalue weighted by Gasteiger charge is -2.14. The van der Waals surface area contributed by atoms with Crippen LogP contribution in [0, 0.1) is 0 Å². The van der Waals surface area contributed by atoms with E-state index in [1.54, 1.807) is 0 Å². The fourth-order valence-electron chi connectivity index (χ4n) is 1.88. The Bertz CT molecular complexity index is 488. The summed E-state index contributed by atoms with van der Waals surface area (Å²) in [6.07, 6.45) is 3.81. The molecule has 0 saturated heterocycles. The number of rotatable bonds is 4. The first-order chi connectivity index (χ1) is 8.24. The lowest BCUT2D eigenvalue weighted by atomic mass is 10.2. The van der Waals surface area contributed by atoms with E-state index in [9.17, 15) is 0 Å². The van der Waals surface area contributed by atoms with Gasteiger partial charge >= 0.3 is 0 Å². The van der Waals surface area contributed by atoms with Gasteiger partial charge in [-0.2, -0.15) is 0 Å². The molecule has 0 atom stereocenters. The van der Waals surface area contributed by atoms with Gasteiger partial charge in [0, 0.05) is 18.3 Å². The van der Waals surface area contributed by atoms with Crippen molar-refractivity contribution >= 4 is 0 Å². The van der Waals surface area contributed by atoms with E-state index < -0.39 is 0 Å². The lowest BCUT2D eigenvalue weighted by molar-refractivity contribution is 0.339. The highest BCUT2D eigenvalue weighted by molar-refractivity contribution is 5.47. The molecule has 0 aliphatic carbocycles. The van der Waals surface area contributed by atoms with Gasteiger partial charge in [-0.15, -0.1) is 0 Å². The maximum absolute atomic E-state index is 5.65. The van der Waals surface area contributed by atoms with Crippen molar-refractivity contribution in [3.63, 3.8) is 0 Å². The van der Waals surface area contributed by atoms with E-state index in [2.05, 4.69) is 29.5 Å². The molecule has 0 aliphatic rings. The number of benzene rings is 1. The smallest absolute Gasteiger partial charge is 0.143 e. The first-order valence-corrected chi connectivity index (χ1v) is 5.99. The highest BCUT2D eigenvalue weighted by atomic mass is 16.5. The number of imidazole rings is 1. The van der Waals surface area contributed by atoms with Gasteiger partial charge in [-0.3, -0.25) is 4.57 Å². The Hall–Kier alpha value is -1.77. The number of hydrogen-bond acceptors (Lipinski definition) is 2. The molecule has 0 bridgehead atoms. The minimum absolute atomic E-state index is 0.389. The predicted molar refractivity (Wildman–Crippen MR) is 68.8 cm³/mol. The van der Waals surface area contributed by atoms with Crippen LogP contribution in [-0.4, -0.2) is 16.2 Å². The van der Waals surface area contributed by atoms with Crippen LogP contribution < -0.4 is 4.74 Å². The molecule has 0 aliphatic heterocycles. The third-order valence-electron chi connectivity index (χ3n) is 2.61. The van der Waals surface area contributed by atoms with E-state index in [1.165, 1.54) is 0 Å². The molecule has 0 N–H and O–H groups in total. The van der Waals surface area contributed by atoms with Crippen molar-refractivity contribution in [3.05, 3.63) is 42.5 Å². The summed E-state index contributed by atoms with van der Waals surface area (Å²) in [5.41, 5.74) is 1.05. The Morgan fingerprint density at radius 2 is 2.06 bits per heavy atom. The highest BCUT2D eigenvalue weighted by Crippen LogP contribution is 2.25. The van der Waals surface area contributed by atoms with Gasteiger partial charge in [0.05, 0.1) is 12.3 Å². The van der Waals surface area contributed by atoms with Crippen molar-refractivity contribution in [1.82, 2.24) is 9.55 Å². The quantitative estimate of drug-likeness (QED) is 0.805. The molecule has 1 aromatic heterocycles. The Kier molecular flexibility index (Phi) is 3.47. The summed E-state index contributed by atoms with van der Waals surface area (Å²) in [6.45, 7) is 6.95. The zero-order valence-corrected chi connectivity index (χ0v) is 10.6. The van der Waals surface area contributed by atoms with Gasteiger partial charge in [0.1, 0.15) is 11.6 Å². The third kappa shape index (κ3) is 2.33. The fraction of sp³-hybridized carbons (Fsp3) is 0.357. The van der Waals surface area contributed by atoms with Crippen LogP contribution in [0.4, 0.5) is 0 Å². The fourth-order valence-corrected chi connectivity index (χ4v) is 1.88. The summed E-state index contributed by atoms with van der Waals surface area (Å²) in [4.78, 5) is 4.40. The van der Waals surface area contributed by atoms with Crippen LogP contribution >= 0.6 is 0 Å². The predicted octanol–water partition coefficient (Wildman–Crippen LogP) is 3.39. The van der Waals surface area contributed by atoms with Crippen molar-refractivity contribution in [2.24, 2.45) is 0 Å². The second-order valence-electron chi connectivity index (χ2n) is 4.21. The zero-order valence-electron chi connectivity index (χ0n) is 10.6. The van der Waals surface area contributed by atoms with Crippen LogP contribution in [0.25, 0.3) is 5.69 Å². The molecule has 2 aromatic rings. The SMILES string of the molecule is CCOc1ccccc1-n1ccnc1C(C)C.